The SMILES string of the molecule is CC(C)c1cccc2c1N1c3c(ccc4c3N(c3ccccc3C4C)C1c1cc3c4c(c1)Oc1ccccc1N4c1ccccc1O3)C2C. The van der Waals surface area contributed by atoms with Crippen molar-refractivity contribution < 1.29 is 9.47 Å². The van der Waals surface area contributed by atoms with Gasteiger partial charge in [-0.15, -0.1) is 0 Å². The van der Waals surface area contributed by atoms with E-state index < -0.39 is 0 Å². The molecule has 6 aromatic rings. The number of ether oxygens (including phenoxy) is 2. The molecule has 5 heterocycles. The van der Waals surface area contributed by atoms with Crippen LogP contribution in [-0.2, 0) is 0 Å². The number of anilines is 7. The Bertz CT molecular complexity index is 2340. The second kappa shape index (κ2) is 9.48. The van der Waals surface area contributed by atoms with Gasteiger partial charge in [-0.3, -0.25) is 4.90 Å². The number of hydrogen-bond donors (Lipinski definition) is 0. The van der Waals surface area contributed by atoms with E-state index >= 15 is 0 Å². The van der Waals surface area contributed by atoms with Crippen LogP contribution in [0.25, 0.3) is 0 Å². The lowest BCUT2D eigenvalue weighted by atomic mass is 9.80. The summed E-state index contributed by atoms with van der Waals surface area (Å²) in [6, 6.07) is 41.8. The van der Waals surface area contributed by atoms with Crippen LogP contribution in [0.15, 0.2) is 115 Å². The van der Waals surface area contributed by atoms with E-state index in [0.29, 0.717) is 5.92 Å². The zero-order valence-electron chi connectivity index (χ0n) is 27.9. The molecule has 0 N–H and O–H groups in total. The number of nitrogens with zero attached hydrogens (tertiary/aromatic N) is 3. The molecule has 3 unspecified atom stereocenters. The lowest BCUT2D eigenvalue weighted by Gasteiger charge is -2.42. The summed E-state index contributed by atoms with van der Waals surface area (Å²) in [4.78, 5) is 7.58. The molecule has 0 saturated heterocycles. The van der Waals surface area contributed by atoms with Gasteiger partial charge in [0, 0.05) is 23.1 Å². The van der Waals surface area contributed by atoms with Gasteiger partial charge in [-0.25, -0.2) is 0 Å². The molecule has 5 aliphatic rings. The maximum atomic E-state index is 6.81. The number of rotatable bonds is 2. The van der Waals surface area contributed by atoms with Crippen LogP contribution in [0.2, 0.25) is 0 Å². The van der Waals surface area contributed by atoms with E-state index in [2.05, 4.69) is 146 Å². The number of para-hydroxylation sites is 6. The van der Waals surface area contributed by atoms with Crippen LogP contribution in [0.4, 0.5) is 39.8 Å². The van der Waals surface area contributed by atoms with Crippen molar-refractivity contribution in [3.8, 4) is 23.0 Å². The molecule has 0 saturated carbocycles. The summed E-state index contributed by atoms with van der Waals surface area (Å²) in [5.41, 5.74) is 16.2. The zero-order chi connectivity index (χ0) is 32.7. The van der Waals surface area contributed by atoms with E-state index in [1.807, 2.05) is 12.1 Å². The smallest absolute Gasteiger partial charge is 0.155 e. The van der Waals surface area contributed by atoms with Gasteiger partial charge in [0.2, 0.25) is 0 Å². The summed E-state index contributed by atoms with van der Waals surface area (Å²) in [6.07, 6.45) is -0.161. The van der Waals surface area contributed by atoms with Crippen molar-refractivity contribution in [3.63, 3.8) is 0 Å². The van der Waals surface area contributed by atoms with Crippen LogP contribution < -0.4 is 24.2 Å². The maximum Gasteiger partial charge on any atom is 0.155 e. The maximum absolute atomic E-state index is 6.81. The molecule has 11 rings (SSSR count). The minimum Gasteiger partial charge on any atom is -0.453 e. The Morgan fingerprint density at radius 3 is 1.67 bits per heavy atom. The largest absolute Gasteiger partial charge is 0.453 e. The van der Waals surface area contributed by atoms with E-state index in [9.17, 15) is 0 Å². The molecule has 0 spiro atoms. The minimum absolute atomic E-state index is 0.161. The Labute approximate surface area is 286 Å². The summed E-state index contributed by atoms with van der Waals surface area (Å²) in [5.74, 6) is 4.20. The molecule has 3 atom stereocenters. The summed E-state index contributed by atoms with van der Waals surface area (Å²) in [7, 11) is 0. The Morgan fingerprint density at radius 2 is 1.02 bits per heavy atom. The van der Waals surface area contributed by atoms with Gasteiger partial charge < -0.3 is 19.3 Å². The highest BCUT2D eigenvalue weighted by atomic mass is 16.5. The van der Waals surface area contributed by atoms with E-state index in [-0.39, 0.29) is 18.0 Å². The van der Waals surface area contributed by atoms with Gasteiger partial charge >= 0.3 is 0 Å². The van der Waals surface area contributed by atoms with Crippen LogP contribution in [0.3, 0.4) is 0 Å². The summed E-state index contributed by atoms with van der Waals surface area (Å²) >= 11 is 0. The van der Waals surface area contributed by atoms with Gasteiger partial charge in [0.1, 0.15) is 11.9 Å². The first-order valence-electron chi connectivity index (χ1n) is 17.5. The number of benzene rings is 6. The Kier molecular flexibility index (Phi) is 5.28. The molecule has 6 aromatic carbocycles. The van der Waals surface area contributed by atoms with Crippen molar-refractivity contribution in [1.29, 1.82) is 0 Å². The Hall–Kier alpha value is -5.68. The van der Waals surface area contributed by atoms with E-state index in [0.717, 1.165) is 45.6 Å². The third kappa shape index (κ3) is 3.40. The standard InChI is InChI=1S/C44H35N3O2/c1-24(2)28-13-11-14-30-26(4)32-21-20-31-25(3)29-12-5-6-15-33(29)46-41(31)42(32)47(40(28)30)44(46)27-22-38-43-39(23-27)49-37-19-10-8-17-35(37)45(43)34-16-7-9-18-36(34)48-38/h5-26,44H,1-4H3. The third-order valence-corrected chi connectivity index (χ3v) is 11.4. The molecule has 0 fully saturated rings. The van der Waals surface area contributed by atoms with E-state index in [1.54, 1.807) is 0 Å². The van der Waals surface area contributed by atoms with Crippen molar-refractivity contribution in [2.75, 3.05) is 14.7 Å². The lowest BCUT2D eigenvalue weighted by Crippen LogP contribution is -2.34. The van der Waals surface area contributed by atoms with Crippen LogP contribution in [-0.4, -0.2) is 0 Å². The fourth-order valence-corrected chi connectivity index (χ4v) is 9.23. The van der Waals surface area contributed by atoms with Crippen molar-refractivity contribution in [2.45, 2.75) is 51.6 Å². The molecule has 5 heteroatoms. The first kappa shape index (κ1) is 27.3. The molecule has 0 amide bonds. The second-order valence-corrected chi connectivity index (χ2v) is 14.3. The summed E-state index contributed by atoms with van der Waals surface area (Å²) in [5, 5.41) is 0. The van der Waals surface area contributed by atoms with E-state index in [1.165, 1.54) is 50.6 Å². The van der Waals surface area contributed by atoms with E-state index in [4.69, 9.17) is 9.47 Å². The molecule has 0 bridgehead atoms. The van der Waals surface area contributed by atoms with Crippen molar-refractivity contribution in [1.82, 2.24) is 0 Å². The highest BCUT2D eigenvalue weighted by Crippen LogP contribution is 2.67. The van der Waals surface area contributed by atoms with Gasteiger partial charge in [0.05, 0.1) is 28.4 Å². The zero-order valence-corrected chi connectivity index (χ0v) is 27.9. The molecule has 49 heavy (non-hydrogen) atoms. The fraction of sp³-hybridized carbons (Fsp3) is 0.182. The Morgan fingerprint density at radius 1 is 0.490 bits per heavy atom. The van der Waals surface area contributed by atoms with Crippen LogP contribution >= 0.6 is 0 Å². The normalized spacial score (nSPS) is 19.6. The van der Waals surface area contributed by atoms with Crippen LogP contribution in [0.1, 0.15) is 85.0 Å². The van der Waals surface area contributed by atoms with Crippen LogP contribution in [0, 0.1) is 0 Å². The second-order valence-electron chi connectivity index (χ2n) is 14.3. The van der Waals surface area contributed by atoms with Crippen LogP contribution in [0.5, 0.6) is 23.0 Å². The predicted molar refractivity (Wildman–Crippen MR) is 197 cm³/mol. The average Bonchev–Trinajstić information content (AvgIpc) is 3.49. The average molecular weight is 638 g/mol. The highest BCUT2D eigenvalue weighted by Gasteiger charge is 2.50. The first-order chi connectivity index (χ1) is 24.0. The van der Waals surface area contributed by atoms with Crippen molar-refractivity contribution in [3.05, 3.63) is 149 Å². The number of hydrogen-bond acceptors (Lipinski definition) is 5. The fourth-order valence-electron chi connectivity index (χ4n) is 9.23. The quantitative estimate of drug-likeness (QED) is 0.188. The predicted octanol–water partition coefficient (Wildman–Crippen LogP) is 12.4. The molecular formula is C44H35N3O2. The van der Waals surface area contributed by atoms with Crippen molar-refractivity contribution >= 4 is 39.8 Å². The highest BCUT2D eigenvalue weighted by molar-refractivity contribution is 6.00. The third-order valence-electron chi connectivity index (χ3n) is 11.4. The van der Waals surface area contributed by atoms with Gasteiger partial charge in [0.15, 0.2) is 23.0 Å². The monoisotopic (exact) mass is 637 g/mol. The van der Waals surface area contributed by atoms with Gasteiger partial charge in [0.25, 0.3) is 0 Å². The first-order valence-corrected chi connectivity index (χ1v) is 17.5. The molecule has 5 nitrogen and oxygen atoms in total. The molecule has 5 aliphatic heterocycles. The molecular weight excluding hydrogens is 603 g/mol. The van der Waals surface area contributed by atoms with Crippen molar-refractivity contribution in [2.24, 2.45) is 0 Å². The molecule has 0 aliphatic carbocycles. The van der Waals surface area contributed by atoms with Gasteiger partial charge in [-0.2, -0.15) is 0 Å². The molecule has 0 radical (unpaired) electrons. The number of fused-ring (bicyclic) bond motifs is 8. The molecule has 0 aromatic heterocycles. The molecule has 238 valence electrons. The topological polar surface area (TPSA) is 28.2 Å². The Balaban J connectivity index is 1.22. The summed E-state index contributed by atoms with van der Waals surface area (Å²) < 4.78 is 13.6. The summed E-state index contributed by atoms with van der Waals surface area (Å²) in [6.45, 7) is 9.38. The minimum atomic E-state index is -0.161. The lowest BCUT2D eigenvalue weighted by molar-refractivity contribution is 0.443. The van der Waals surface area contributed by atoms with Gasteiger partial charge in [-0.05, 0) is 76.2 Å². The van der Waals surface area contributed by atoms with Gasteiger partial charge in [-0.1, -0.05) is 100 Å².